The first-order valence-corrected chi connectivity index (χ1v) is 6.67. The van der Waals surface area contributed by atoms with Gasteiger partial charge < -0.3 is 11.1 Å². The van der Waals surface area contributed by atoms with E-state index in [-0.39, 0.29) is 16.9 Å². The summed E-state index contributed by atoms with van der Waals surface area (Å²) >= 11 is 9.13. The summed E-state index contributed by atoms with van der Waals surface area (Å²) in [5, 5.41) is 3.00. The maximum absolute atomic E-state index is 11.9. The number of amides is 1. The van der Waals surface area contributed by atoms with Gasteiger partial charge in [0.15, 0.2) is 0 Å². The fourth-order valence-corrected chi connectivity index (χ4v) is 2.24. The normalized spacial score (nSPS) is 10.2. The largest absolute Gasteiger partial charge is 0.384 e. The SMILES string of the molecule is Nc1cc(C(=O)NCc2cccc(Br)c2)cc(Cl)n1. The zero-order chi connectivity index (χ0) is 13.8. The molecule has 1 amide bonds. The van der Waals surface area contributed by atoms with Crippen molar-refractivity contribution in [1.29, 1.82) is 0 Å². The zero-order valence-electron chi connectivity index (χ0n) is 9.86. The second-order valence-corrected chi connectivity index (χ2v) is 5.22. The Bertz CT molecular complexity index is 598. The number of hydrogen-bond acceptors (Lipinski definition) is 3. The van der Waals surface area contributed by atoms with Crippen molar-refractivity contribution in [3.63, 3.8) is 0 Å². The minimum atomic E-state index is -0.240. The fourth-order valence-electron chi connectivity index (χ4n) is 1.58. The number of benzene rings is 1. The van der Waals surface area contributed by atoms with E-state index in [4.69, 9.17) is 17.3 Å². The lowest BCUT2D eigenvalue weighted by Gasteiger charge is -2.06. The van der Waals surface area contributed by atoms with Crippen LogP contribution in [0, 0.1) is 0 Å². The lowest BCUT2D eigenvalue weighted by Crippen LogP contribution is -2.23. The second-order valence-electron chi connectivity index (χ2n) is 3.92. The molecule has 0 unspecified atom stereocenters. The van der Waals surface area contributed by atoms with Crippen molar-refractivity contribution in [2.75, 3.05) is 5.73 Å². The molecular formula is C13H11BrClN3O. The van der Waals surface area contributed by atoms with Crippen molar-refractivity contribution in [3.05, 3.63) is 57.2 Å². The molecule has 1 aromatic heterocycles. The summed E-state index contributed by atoms with van der Waals surface area (Å²) in [5.74, 6) is -0.0175. The molecule has 0 aliphatic carbocycles. The molecule has 0 aliphatic rings. The number of nitrogens with zero attached hydrogens (tertiary/aromatic N) is 1. The van der Waals surface area contributed by atoms with Crippen LogP contribution in [0.25, 0.3) is 0 Å². The van der Waals surface area contributed by atoms with Crippen LogP contribution in [0.2, 0.25) is 5.15 Å². The number of nitrogens with two attached hydrogens (primary N) is 1. The van der Waals surface area contributed by atoms with Gasteiger partial charge in [-0.3, -0.25) is 4.79 Å². The molecule has 1 heterocycles. The maximum atomic E-state index is 11.9. The van der Waals surface area contributed by atoms with Crippen LogP contribution >= 0.6 is 27.5 Å². The Balaban J connectivity index is 2.05. The Morgan fingerprint density at radius 1 is 1.37 bits per heavy atom. The third kappa shape index (κ3) is 3.94. The minimum absolute atomic E-state index is 0.201. The standard InChI is InChI=1S/C13H11BrClN3O/c14-10-3-1-2-8(4-10)7-17-13(19)9-5-11(15)18-12(16)6-9/h1-6H,7H2,(H2,16,18)(H,17,19). The fraction of sp³-hybridized carbons (Fsp3) is 0.0769. The third-order valence-corrected chi connectivity index (χ3v) is 3.11. The molecule has 2 aromatic rings. The molecule has 1 aromatic carbocycles. The van der Waals surface area contributed by atoms with Gasteiger partial charge in [-0.15, -0.1) is 0 Å². The molecule has 19 heavy (non-hydrogen) atoms. The summed E-state index contributed by atoms with van der Waals surface area (Å²) in [5.41, 5.74) is 6.93. The summed E-state index contributed by atoms with van der Waals surface area (Å²) in [6, 6.07) is 10.7. The molecule has 0 radical (unpaired) electrons. The Kier molecular flexibility index (Phi) is 4.39. The Labute approximate surface area is 124 Å². The zero-order valence-corrected chi connectivity index (χ0v) is 12.2. The van der Waals surface area contributed by atoms with Crippen LogP contribution in [0.3, 0.4) is 0 Å². The lowest BCUT2D eigenvalue weighted by atomic mass is 10.2. The number of pyridine rings is 1. The third-order valence-electron chi connectivity index (χ3n) is 2.42. The smallest absolute Gasteiger partial charge is 0.251 e. The molecule has 2 rings (SSSR count). The van der Waals surface area contributed by atoms with Crippen molar-refractivity contribution in [1.82, 2.24) is 10.3 Å². The van der Waals surface area contributed by atoms with Gasteiger partial charge in [0.2, 0.25) is 0 Å². The highest BCUT2D eigenvalue weighted by atomic mass is 79.9. The molecule has 3 N–H and O–H groups in total. The highest BCUT2D eigenvalue weighted by molar-refractivity contribution is 9.10. The van der Waals surface area contributed by atoms with E-state index in [1.807, 2.05) is 24.3 Å². The minimum Gasteiger partial charge on any atom is -0.384 e. The van der Waals surface area contributed by atoms with Gasteiger partial charge >= 0.3 is 0 Å². The van der Waals surface area contributed by atoms with Crippen LogP contribution in [0.5, 0.6) is 0 Å². The van der Waals surface area contributed by atoms with Crippen molar-refractivity contribution in [2.24, 2.45) is 0 Å². The molecule has 0 saturated heterocycles. The number of carbonyl (C=O) groups excluding carboxylic acids is 1. The predicted octanol–water partition coefficient (Wildman–Crippen LogP) is 3.01. The first kappa shape index (κ1) is 13.8. The quantitative estimate of drug-likeness (QED) is 0.844. The molecule has 0 fully saturated rings. The number of nitrogens with one attached hydrogen (secondary N) is 1. The van der Waals surface area contributed by atoms with Crippen LogP contribution in [-0.4, -0.2) is 10.9 Å². The highest BCUT2D eigenvalue weighted by Gasteiger charge is 2.08. The Morgan fingerprint density at radius 3 is 2.84 bits per heavy atom. The van der Waals surface area contributed by atoms with Crippen LogP contribution in [0.4, 0.5) is 5.82 Å². The summed E-state index contributed by atoms with van der Waals surface area (Å²) < 4.78 is 0.968. The molecule has 0 aliphatic heterocycles. The number of rotatable bonds is 3. The van der Waals surface area contributed by atoms with Gasteiger partial charge in [0.25, 0.3) is 5.91 Å². The van der Waals surface area contributed by atoms with Gasteiger partial charge in [0.1, 0.15) is 11.0 Å². The summed E-state index contributed by atoms with van der Waals surface area (Å²) in [6.07, 6.45) is 0. The monoisotopic (exact) mass is 339 g/mol. The number of carbonyl (C=O) groups is 1. The second kappa shape index (κ2) is 6.04. The first-order chi connectivity index (χ1) is 9.04. The van der Waals surface area contributed by atoms with E-state index in [0.29, 0.717) is 12.1 Å². The molecule has 4 nitrogen and oxygen atoms in total. The molecule has 0 atom stereocenters. The van der Waals surface area contributed by atoms with Crippen molar-refractivity contribution >= 4 is 39.3 Å². The van der Waals surface area contributed by atoms with Crippen LogP contribution in [-0.2, 0) is 6.54 Å². The molecular weight excluding hydrogens is 330 g/mol. The molecule has 98 valence electrons. The van der Waals surface area contributed by atoms with Crippen molar-refractivity contribution < 1.29 is 4.79 Å². The molecule has 0 spiro atoms. The number of anilines is 1. The van der Waals surface area contributed by atoms with E-state index < -0.39 is 0 Å². The lowest BCUT2D eigenvalue weighted by molar-refractivity contribution is 0.0951. The van der Waals surface area contributed by atoms with E-state index in [9.17, 15) is 4.79 Å². The van der Waals surface area contributed by atoms with Crippen molar-refractivity contribution in [2.45, 2.75) is 6.54 Å². The number of aromatic nitrogens is 1. The van der Waals surface area contributed by atoms with Crippen molar-refractivity contribution in [3.8, 4) is 0 Å². The maximum Gasteiger partial charge on any atom is 0.251 e. The van der Waals surface area contributed by atoms with Gasteiger partial charge in [-0.2, -0.15) is 0 Å². The van der Waals surface area contributed by atoms with E-state index in [1.54, 1.807) is 0 Å². The van der Waals surface area contributed by atoms with Gasteiger partial charge in [0.05, 0.1) is 0 Å². The van der Waals surface area contributed by atoms with E-state index in [2.05, 4.69) is 26.2 Å². The Hall–Kier alpha value is -1.59. The summed E-state index contributed by atoms with van der Waals surface area (Å²) in [7, 11) is 0. The van der Waals surface area contributed by atoms with Crippen LogP contribution in [0.15, 0.2) is 40.9 Å². The number of halogens is 2. The van der Waals surface area contributed by atoms with Gasteiger partial charge in [-0.1, -0.05) is 39.7 Å². The highest BCUT2D eigenvalue weighted by Crippen LogP contribution is 2.13. The average molecular weight is 341 g/mol. The van der Waals surface area contributed by atoms with Crippen LogP contribution < -0.4 is 11.1 Å². The molecule has 0 bridgehead atoms. The predicted molar refractivity (Wildman–Crippen MR) is 79.0 cm³/mol. The van der Waals surface area contributed by atoms with Gasteiger partial charge in [-0.25, -0.2) is 4.98 Å². The Morgan fingerprint density at radius 2 is 2.16 bits per heavy atom. The molecule has 0 saturated carbocycles. The van der Waals surface area contributed by atoms with Gasteiger partial charge in [0, 0.05) is 16.6 Å². The van der Waals surface area contributed by atoms with Gasteiger partial charge in [-0.05, 0) is 29.8 Å². The first-order valence-electron chi connectivity index (χ1n) is 5.50. The number of hydrogen-bond donors (Lipinski definition) is 2. The van der Waals surface area contributed by atoms with E-state index in [0.717, 1.165) is 10.0 Å². The summed E-state index contributed by atoms with van der Waals surface area (Å²) in [4.78, 5) is 15.7. The average Bonchev–Trinajstić information content (AvgIpc) is 2.35. The number of nitrogen functional groups attached to an aromatic ring is 1. The van der Waals surface area contributed by atoms with E-state index >= 15 is 0 Å². The summed E-state index contributed by atoms with van der Waals surface area (Å²) in [6.45, 7) is 0.429. The molecule has 6 heteroatoms. The van der Waals surface area contributed by atoms with E-state index in [1.165, 1.54) is 12.1 Å². The topological polar surface area (TPSA) is 68.0 Å². The van der Waals surface area contributed by atoms with Crippen LogP contribution in [0.1, 0.15) is 15.9 Å².